The first-order valence-electron chi connectivity index (χ1n) is 5.64. The lowest BCUT2D eigenvalue weighted by Gasteiger charge is -2.13. The van der Waals surface area contributed by atoms with Crippen LogP contribution in [0.5, 0.6) is 0 Å². The maximum Gasteiger partial charge on any atom is 0.282 e. The summed E-state index contributed by atoms with van der Waals surface area (Å²) in [4.78, 5) is 21.7. The van der Waals surface area contributed by atoms with Gasteiger partial charge in [0.25, 0.3) is 5.91 Å². The molecule has 19 heavy (non-hydrogen) atoms. The second-order valence-corrected chi connectivity index (χ2v) is 4.36. The van der Waals surface area contributed by atoms with Crippen molar-refractivity contribution in [2.75, 3.05) is 6.61 Å². The van der Waals surface area contributed by atoms with Crippen molar-refractivity contribution in [1.29, 1.82) is 0 Å². The van der Waals surface area contributed by atoms with Crippen LogP contribution in [0.3, 0.4) is 0 Å². The van der Waals surface area contributed by atoms with Crippen LogP contribution >= 0.6 is 0 Å². The Balaban J connectivity index is 2.74. The third kappa shape index (κ3) is 4.12. The Morgan fingerprint density at radius 1 is 1.68 bits per heavy atom. The van der Waals surface area contributed by atoms with Crippen molar-refractivity contribution in [3.8, 4) is 0 Å². The van der Waals surface area contributed by atoms with Gasteiger partial charge < -0.3 is 25.9 Å². The molecule has 0 saturated heterocycles. The van der Waals surface area contributed by atoms with E-state index in [1.165, 1.54) is 0 Å². The van der Waals surface area contributed by atoms with Gasteiger partial charge in [0.05, 0.1) is 6.42 Å². The average Bonchev–Trinajstić information content (AvgIpc) is 2.68. The standard InChI is InChI=1S/C10H17N5O4/c1-4-18-15-7(8(11)13-17)9(16)12-6-5-10(2,3)19-14-6/h17H,4-5H2,1-3H3,(H2,11,13)(H,12,14,16)/b15-7+. The van der Waals surface area contributed by atoms with Gasteiger partial charge in [0, 0.05) is 0 Å². The van der Waals surface area contributed by atoms with Crippen LogP contribution in [0.25, 0.3) is 0 Å². The van der Waals surface area contributed by atoms with Crippen molar-refractivity contribution in [2.45, 2.75) is 32.8 Å². The molecule has 0 aromatic carbocycles. The van der Waals surface area contributed by atoms with Crippen LogP contribution < -0.4 is 11.1 Å². The molecule has 0 unspecified atom stereocenters. The van der Waals surface area contributed by atoms with Crippen molar-refractivity contribution in [1.82, 2.24) is 5.32 Å². The number of rotatable bonds is 4. The molecule has 1 aliphatic heterocycles. The Hall–Kier alpha value is -2.32. The van der Waals surface area contributed by atoms with Crippen LogP contribution in [0.2, 0.25) is 0 Å². The van der Waals surface area contributed by atoms with E-state index in [0.717, 1.165) is 0 Å². The lowest BCUT2D eigenvalue weighted by Crippen LogP contribution is -2.42. The Morgan fingerprint density at radius 2 is 2.37 bits per heavy atom. The van der Waals surface area contributed by atoms with Crippen molar-refractivity contribution in [2.24, 2.45) is 21.2 Å². The predicted molar refractivity (Wildman–Crippen MR) is 67.8 cm³/mol. The van der Waals surface area contributed by atoms with Gasteiger partial charge in [0.15, 0.2) is 11.7 Å². The van der Waals surface area contributed by atoms with Crippen molar-refractivity contribution >= 4 is 23.3 Å². The average molecular weight is 271 g/mol. The monoisotopic (exact) mass is 271 g/mol. The van der Waals surface area contributed by atoms with Gasteiger partial charge in [-0.05, 0) is 20.8 Å². The largest absolute Gasteiger partial charge is 0.409 e. The van der Waals surface area contributed by atoms with Crippen molar-refractivity contribution < 1.29 is 19.7 Å². The zero-order valence-electron chi connectivity index (χ0n) is 11.0. The first kappa shape index (κ1) is 14.7. The molecule has 0 fully saturated rings. The first-order valence-corrected chi connectivity index (χ1v) is 5.64. The topological polar surface area (TPSA) is 131 Å². The number of amidine groups is 2. The highest BCUT2D eigenvalue weighted by Gasteiger charge is 2.31. The van der Waals surface area contributed by atoms with Gasteiger partial charge in [-0.15, -0.1) is 0 Å². The summed E-state index contributed by atoms with van der Waals surface area (Å²) >= 11 is 0. The fourth-order valence-corrected chi connectivity index (χ4v) is 1.28. The molecule has 0 spiro atoms. The molecule has 1 amide bonds. The van der Waals surface area contributed by atoms with Crippen LogP contribution in [0.1, 0.15) is 27.2 Å². The molecular weight excluding hydrogens is 254 g/mol. The van der Waals surface area contributed by atoms with Gasteiger partial charge in [0.1, 0.15) is 12.2 Å². The summed E-state index contributed by atoms with van der Waals surface area (Å²) in [5.74, 6) is -0.807. The van der Waals surface area contributed by atoms with Crippen LogP contribution in [-0.4, -0.2) is 40.7 Å². The summed E-state index contributed by atoms with van der Waals surface area (Å²) in [5, 5.41) is 21.0. The maximum absolute atomic E-state index is 11.9. The number of carbonyl (C=O) groups excluding carboxylic acids is 1. The van der Waals surface area contributed by atoms with E-state index in [-0.39, 0.29) is 12.3 Å². The van der Waals surface area contributed by atoms with Gasteiger partial charge in [-0.1, -0.05) is 15.5 Å². The number of nitrogens with one attached hydrogen (secondary N) is 1. The van der Waals surface area contributed by atoms with Gasteiger partial charge in [-0.3, -0.25) is 4.79 Å². The predicted octanol–water partition coefficient (Wildman–Crippen LogP) is -0.246. The lowest BCUT2D eigenvalue weighted by atomic mass is 10.1. The summed E-state index contributed by atoms with van der Waals surface area (Å²) in [7, 11) is 0. The molecule has 0 aromatic rings. The fraction of sp³-hybridized carbons (Fsp3) is 0.600. The molecule has 0 atom stereocenters. The van der Waals surface area contributed by atoms with Crippen LogP contribution in [-0.2, 0) is 14.5 Å². The zero-order valence-corrected chi connectivity index (χ0v) is 11.0. The lowest BCUT2D eigenvalue weighted by molar-refractivity contribution is -0.113. The van der Waals surface area contributed by atoms with E-state index < -0.39 is 17.3 Å². The molecule has 0 aliphatic carbocycles. The third-order valence-electron chi connectivity index (χ3n) is 2.10. The van der Waals surface area contributed by atoms with Gasteiger partial charge in [-0.2, -0.15) is 0 Å². The molecular formula is C10H17N5O4. The molecule has 0 saturated carbocycles. The number of hydrogen-bond acceptors (Lipinski definition) is 7. The van der Waals surface area contributed by atoms with E-state index in [9.17, 15) is 4.79 Å². The molecule has 9 heteroatoms. The minimum absolute atomic E-state index is 0.243. The Kier molecular flexibility index (Phi) is 4.67. The number of oxime groups is 3. The minimum atomic E-state index is -0.691. The highest BCUT2D eigenvalue weighted by Crippen LogP contribution is 2.20. The summed E-state index contributed by atoms with van der Waals surface area (Å²) in [6.07, 6.45) is 0.427. The molecule has 9 nitrogen and oxygen atoms in total. The Morgan fingerprint density at radius 3 is 2.84 bits per heavy atom. The van der Waals surface area contributed by atoms with Crippen LogP contribution in [0.4, 0.5) is 0 Å². The summed E-state index contributed by atoms with van der Waals surface area (Å²) in [6.45, 7) is 5.58. The minimum Gasteiger partial charge on any atom is -0.409 e. The van der Waals surface area contributed by atoms with E-state index in [2.05, 4.69) is 20.8 Å². The summed E-state index contributed by atoms with van der Waals surface area (Å²) < 4.78 is 0. The zero-order chi connectivity index (χ0) is 14.5. The second kappa shape index (κ2) is 6.03. The molecule has 0 aromatic heterocycles. The van der Waals surface area contributed by atoms with Gasteiger partial charge in [-0.25, -0.2) is 0 Å². The molecule has 1 heterocycles. The van der Waals surface area contributed by atoms with E-state index in [0.29, 0.717) is 12.3 Å². The van der Waals surface area contributed by atoms with Crippen molar-refractivity contribution in [3.63, 3.8) is 0 Å². The Labute approximate surface area is 110 Å². The number of nitrogens with zero attached hydrogens (tertiary/aromatic N) is 3. The maximum atomic E-state index is 11.9. The SMILES string of the molecule is CCO/N=C(C(=O)NC1=NOC(C)(C)C1)\C(N)=N\O. The third-order valence-corrected chi connectivity index (χ3v) is 2.10. The highest BCUT2D eigenvalue weighted by molar-refractivity contribution is 6.66. The summed E-state index contributed by atoms with van der Waals surface area (Å²) in [6, 6.07) is 0. The van der Waals surface area contributed by atoms with Gasteiger partial charge >= 0.3 is 0 Å². The molecule has 1 aliphatic rings. The summed E-state index contributed by atoms with van der Waals surface area (Å²) in [5.41, 5.74) is 4.53. The molecule has 0 bridgehead atoms. The van der Waals surface area contributed by atoms with Crippen LogP contribution in [0, 0.1) is 0 Å². The molecule has 4 N–H and O–H groups in total. The number of amides is 1. The van der Waals surface area contributed by atoms with Crippen molar-refractivity contribution in [3.05, 3.63) is 0 Å². The Bertz CT molecular complexity index is 441. The quantitative estimate of drug-likeness (QED) is 0.281. The highest BCUT2D eigenvalue weighted by atomic mass is 16.7. The normalized spacial score (nSPS) is 18.6. The molecule has 0 radical (unpaired) electrons. The van der Waals surface area contributed by atoms with Crippen LogP contribution in [0.15, 0.2) is 15.5 Å². The molecule has 1 rings (SSSR count). The number of nitrogens with two attached hydrogens (primary N) is 1. The van der Waals surface area contributed by atoms with E-state index in [4.69, 9.17) is 20.6 Å². The number of carbonyl (C=O) groups is 1. The van der Waals surface area contributed by atoms with E-state index >= 15 is 0 Å². The van der Waals surface area contributed by atoms with E-state index in [1.54, 1.807) is 6.92 Å². The molecule has 106 valence electrons. The van der Waals surface area contributed by atoms with E-state index in [1.807, 2.05) is 13.8 Å². The first-order chi connectivity index (χ1) is 8.89. The van der Waals surface area contributed by atoms with Gasteiger partial charge in [0.2, 0.25) is 5.71 Å². The second-order valence-electron chi connectivity index (χ2n) is 4.36. The fourth-order valence-electron chi connectivity index (χ4n) is 1.28. The smallest absolute Gasteiger partial charge is 0.282 e. The number of hydrogen-bond donors (Lipinski definition) is 3.